The molecule has 2 heterocycles. The molecule has 1 aliphatic heterocycles. The van der Waals surface area contributed by atoms with E-state index in [1.165, 1.54) is 4.31 Å². The van der Waals surface area contributed by atoms with Gasteiger partial charge in [-0.05, 0) is 29.8 Å². The summed E-state index contributed by atoms with van der Waals surface area (Å²) in [6, 6.07) is 12.8. The number of rotatable bonds is 6. The fourth-order valence-electron chi connectivity index (χ4n) is 2.55. The van der Waals surface area contributed by atoms with Crippen LogP contribution in [0.3, 0.4) is 0 Å². The second-order valence-electron chi connectivity index (χ2n) is 5.59. The summed E-state index contributed by atoms with van der Waals surface area (Å²) in [6.45, 7) is 3.07. The number of hydrogen-bond acceptors (Lipinski definition) is 5. The van der Waals surface area contributed by atoms with Crippen LogP contribution in [-0.2, 0) is 27.8 Å². The number of pyridine rings is 1. The average molecular weight is 347 g/mol. The van der Waals surface area contributed by atoms with Crippen molar-refractivity contribution in [3.8, 4) is 0 Å². The van der Waals surface area contributed by atoms with E-state index < -0.39 is 10.0 Å². The number of benzene rings is 1. The molecule has 6 nitrogen and oxygen atoms in total. The molecule has 1 aliphatic rings. The molecule has 0 spiro atoms. The van der Waals surface area contributed by atoms with Crippen molar-refractivity contribution in [3.63, 3.8) is 0 Å². The topological polar surface area (TPSA) is 71.5 Å². The first-order valence-corrected chi connectivity index (χ1v) is 9.38. The molecule has 3 rings (SSSR count). The van der Waals surface area contributed by atoms with Crippen LogP contribution in [-0.4, -0.2) is 44.0 Å². The van der Waals surface area contributed by atoms with Gasteiger partial charge in [0.2, 0.25) is 10.0 Å². The van der Waals surface area contributed by atoms with Crippen molar-refractivity contribution in [2.45, 2.75) is 18.0 Å². The molecule has 0 amide bonds. The third-order valence-corrected chi connectivity index (χ3v) is 5.81. The largest absolute Gasteiger partial charge is 0.379 e. The molecule has 1 aromatic heterocycles. The second kappa shape index (κ2) is 7.85. The van der Waals surface area contributed by atoms with Crippen LogP contribution in [0.1, 0.15) is 11.3 Å². The lowest BCUT2D eigenvalue weighted by Crippen LogP contribution is -2.40. The Bertz CT molecular complexity index is 742. The van der Waals surface area contributed by atoms with Gasteiger partial charge in [-0.1, -0.05) is 18.2 Å². The van der Waals surface area contributed by atoms with Gasteiger partial charge in [-0.25, -0.2) is 8.42 Å². The second-order valence-corrected chi connectivity index (χ2v) is 7.52. The van der Waals surface area contributed by atoms with Crippen molar-refractivity contribution in [1.29, 1.82) is 0 Å². The van der Waals surface area contributed by atoms with Gasteiger partial charge in [0.1, 0.15) is 0 Å². The van der Waals surface area contributed by atoms with E-state index in [0.717, 1.165) is 11.3 Å². The number of aromatic nitrogens is 1. The molecule has 0 bridgehead atoms. The molecule has 1 N–H and O–H groups in total. The highest BCUT2D eigenvalue weighted by molar-refractivity contribution is 7.89. The molecular formula is C17H21N3O3S. The van der Waals surface area contributed by atoms with Crippen molar-refractivity contribution in [2.75, 3.05) is 26.3 Å². The molecular weight excluding hydrogens is 326 g/mol. The maximum atomic E-state index is 12.5. The standard InChI is InChI=1S/C17H21N3O3S/c21-24(22,20-9-11-23-12-10-20)17-6-4-15(5-7-17)13-18-14-16-3-1-2-8-19-16/h1-8,18H,9-14H2. The summed E-state index contributed by atoms with van der Waals surface area (Å²) in [5, 5.41) is 3.30. The Balaban J connectivity index is 1.58. The minimum absolute atomic E-state index is 0.331. The van der Waals surface area contributed by atoms with E-state index in [4.69, 9.17) is 4.74 Å². The highest BCUT2D eigenvalue weighted by atomic mass is 32.2. The van der Waals surface area contributed by atoms with E-state index in [0.29, 0.717) is 44.3 Å². The Morgan fingerprint density at radius 3 is 2.46 bits per heavy atom. The first-order chi connectivity index (χ1) is 11.7. The zero-order valence-electron chi connectivity index (χ0n) is 13.4. The van der Waals surface area contributed by atoms with Crippen LogP contribution >= 0.6 is 0 Å². The molecule has 7 heteroatoms. The summed E-state index contributed by atoms with van der Waals surface area (Å²) < 4.78 is 31.8. The van der Waals surface area contributed by atoms with E-state index in [-0.39, 0.29) is 0 Å². The van der Waals surface area contributed by atoms with E-state index in [2.05, 4.69) is 10.3 Å². The third-order valence-electron chi connectivity index (χ3n) is 3.89. The predicted octanol–water partition coefficient (Wildman–Crippen LogP) is 1.39. The summed E-state index contributed by atoms with van der Waals surface area (Å²) in [5.41, 5.74) is 2.01. The van der Waals surface area contributed by atoms with Gasteiger partial charge < -0.3 is 10.1 Å². The van der Waals surface area contributed by atoms with E-state index >= 15 is 0 Å². The van der Waals surface area contributed by atoms with Gasteiger partial charge in [0.05, 0.1) is 23.8 Å². The lowest BCUT2D eigenvalue weighted by molar-refractivity contribution is 0.0730. The minimum atomic E-state index is -3.42. The van der Waals surface area contributed by atoms with Gasteiger partial charge in [0.25, 0.3) is 0 Å². The fourth-order valence-corrected chi connectivity index (χ4v) is 3.96. The minimum Gasteiger partial charge on any atom is -0.379 e. The van der Waals surface area contributed by atoms with Crippen LogP contribution in [0.2, 0.25) is 0 Å². The molecule has 0 radical (unpaired) electrons. The van der Waals surface area contributed by atoms with E-state index in [1.807, 2.05) is 30.3 Å². The molecule has 1 aromatic carbocycles. The zero-order chi connectivity index (χ0) is 16.8. The molecule has 0 saturated carbocycles. The van der Waals surface area contributed by atoms with Gasteiger partial charge in [-0.15, -0.1) is 0 Å². The number of nitrogens with zero attached hydrogens (tertiary/aromatic N) is 2. The quantitative estimate of drug-likeness (QED) is 0.855. The summed E-state index contributed by atoms with van der Waals surface area (Å²) in [6.07, 6.45) is 1.77. The van der Waals surface area contributed by atoms with E-state index in [1.54, 1.807) is 18.3 Å². The van der Waals surface area contributed by atoms with Crippen LogP contribution in [0.5, 0.6) is 0 Å². The predicted molar refractivity (Wildman–Crippen MR) is 90.8 cm³/mol. The van der Waals surface area contributed by atoms with Crippen molar-refractivity contribution >= 4 is 10.0 Å². The molecule has 128 valence electrons. The van der Waals surface area contributed by atoms with Crippen LogP contribution in [0.25, 0.3) is 0 Å². The molecule has 24 heavy (non-hydrogen) atoms. The monoisotopic (exact) mass is 347 g/mol. The summed E-state index contributed by atoms with van der Waals surface area (Å²) in [5.74, 6) is 0. The van der Waals surface area contributed by atoms with Gasteiger partial charge in [-0.3, -0.25) is 4.98 Å². The number of nitrogens with one attached hydrogen (secondary N) is 1. The molecule has 0 unspecified atom stereocenters. The van der Waals surface area contributed by atoms with Crippen LogP contribution in [0, 0.1) is 0 Å². The lowest BCUT2D eigenvalue weighted by Gasteiger charge is -2.26. The van der Waals surface area contributed by atoms with Gasteiger partial charge >= 0.3 is 0 Å². The van der Waals surface area contributed by atoms with Gasteiger partial charge in [0.15, 0.2) is 0 Å². The summed E-state index contributed by atoms with van der Waals surface area (Å²) >= 11 is 0. The first-order valence-electron chi connectivity index (χ1n) is 7.94. The first kappa shape index (κ1) is 17.0. The Hall–Kier alpha value is -1.80. The van der Waals surface area contributed by atoms with E-state index in [9.17, 15) is 8.42 Å². The average Bonchev–Trinajstić information content (AvgIpc) is 2.64. The fraction of sp³-hybridized carbons (Fsp3) is 0.353. The van der Waals surface area contributed by atoms with Crippen molar-refractivity contribution in [3.05, 3.63) is 59.9 Å². The number of ether oxygens (including phenoxy) is 1. The summed E-state index contributed by atoms with van der Waals surface area (Å²) in [4.78, 5) is 4.58. The van der Waals surface area contributed by atoms with Crippen LogP contribution in [0.4, 0.5) is 0 Å². The Kier molecular flexibility index (Phi) is 5.57. The van der Waals surface area contributed by atoms with Gasteiger partial charge in [-0.2, -0.15) is 4.31 Å². The highest BCUT2D eigenvalue weighted by Gasteiger charge is 2.25. The SMILES string of the molecule is O=S(=O)(c1ccc(CNCc2ccccn2)cc1)N1CCOCC1. The normalized spacial score (nSPS) is 16.2. The number of morpholine rings is 1. The summed E-state index contributed by atoms with van der Waals surface area (Å²) in [7, 11) is -3.42. The highest BCUT2D eigenvalue weighted by Crippen LogP contribution is 2.17. The van der Waals surface area contributed by atoms with Crippen LogP contribution < -0.4 is 5.32 Å². The van der Waals surface area contributed by atoms with Crippen molar-refractivity contribution in [1.82, 2.24) is 14.6 Å². The molecule has 0 atom stereocenters. The zero-order valence-corrected chi connectivity index (χ0v) is 14.2. The molecule has 0 aliphatic carbocycles. The lowest BCUT2D eigenvalue weighted by atomic mass is 10.2. The van der Waals surface area contributed by atoms with Crippen LogP contribution in [0.15, 0.2) is 53.6 Å². The Morgan fingerprint density at radius 1 is 1.04 bits per heavy atom. The molecule has 1 fully saturated rings. The number of hydrogen-bond donors (Lipinski definition) is 1. The smallest absolute Gasteiger partial charge is 0.243 e. The third kappa shape index (κ3) is 4.18. The molecule has 2 aromatic rings. The Labute approximate surface area is 142 Å². The van der Waals surface area contributed by atoms with Crippen molar-refractivity contribution in [2.24, 2.45) is 0 Å². The maximum absolute atomic E-state index is 12.5. The van der Waals surface area contributed by atoms with Gasteiger partial charge in [0, 0.05) is 32.4 Å². The molecule has 1 saturated heterocycles. The van der Waals surface area contributed by atoms with Crippen molar-refractivity contribution < 1.29 is 13.2 Å². The number of sulfonamides is 1. The maximum Gasteiger partial charge on any atom is 0.243 e. The Morgan fingerprint density at radius 2 is 1.79 bits per heavy atom.